The van der Waals surface area contributed by atoms with E-state index in [4.69, 9.17) is 0 Å². The van der Waals surface area contributed by atoms with Gasteiger partial charge in [0.1, 0.15) is 5.75 Å². The van der Waals surface area contributed by atoms with Crippen LogP contribution in [-0.4, -0.2) is 30.6 Å². The topological polar surface area (TPSA) is 61.4 Å². The number of amides is 1. The van der Waals surface area contributed by atoms with Gasteiger partial charge in [0.2, 0.25) is 0 Å². The lowest BCUT2D eigenvalue weighted by atomic mass is 10.1. The van der Waals surface area contributed by atoms with Gasteiger partial charge in [0.25, 0.3) is 5.91 Å². The van der Waals surface area contributed by atoms with Gasteiger partial charge in [-0.1, -0.05) is 6.07 Å². The summed E-state index contributed by atoms with van der Waals surface area (Å²) < 4.78 is 0. The Balaban J connectivity index is 2.66. The lowest BCUT2D eigenvalue weighted by Gasteiger charge is -2.12. The molecular weight excluding hydrogens is 204 g/mol. The summed E-state index contributed by atoms with van der Waals surface area (Å²) in [6, 6.07) is 5.22. The third-order valence-electron chi connectivity index (χ3n) is 2.46. The van der Waals surface area contributed by atoms with Gasteiger partial charge in [-0.3, -0.25) is 4.79 Å². The second-order valence-electron chi connectivity index (χ2n) is 3.92. The van der Waals surface area contributed by atoms with Crippen LogP contribution in [0.4, 0.5) is 0 Å². The molecule has 16 heavy (non-hydrogen) atoms. The largest absolute Gasteiger partial charge is 0.507 e. The van der Waals surface area contributed by atoms with Crippen molar-refractivity contribution in [3.63, 3.8) is 0 Å². The minimum atomic E-state index is -0.250. The van der Waals surface area contributed by atoms with Crippen molar-refractivity contribution in [1.82, 2.24) is 10.6 Å². The van der Waals surface area contributed by atoms with Crippen LogP contribution >= 0.6 is 0 Å². The highest BCUT2D eigenvalue weighted by molar-refractivity contribution is 5.96. The van der Waals surface area contributed by atoms with Gasteiger partial charge < -0.3 is 15.7 Å². The fraction of sp³-hybridized carbons (Fsp3) is 0.417. The van der Waals surface area contributed by atoms with Crippen LogP contribution in [-0.2, 0) is 0 Å². The molecule has 0 heterocycles. The van der Waals surface area contributed by atoms with E-state index in [0.717, 1.165) is 5.56 Å². The number of aromatic hydroxyl groups is 1. The van der Waals surface area contributed by atoms with Crippen LogP contribution < -0.4 is 10.6 Å². The van der Waals surface area contributed by atoms with Crippen molar-refractivity contribution in [1.29, 1.82) is 0 Å². The van der Waals surface area contributed by atoms with Crippen molar-refractivity contribution < 1.29 is 9.90 Å². The highest BCUT2D eigenvalue weighted by Gasteiger charge is 2.11. The number of aryl methyl sites for hydroxylation is 1. The van der Waals surface area contributed by atoms with E-state index < -0.39 is 0 Å². The van der Waals surface area contributed by atoms with Crippen molar-refractivity contribution in [2.45, 2.75) is 19.9 Å². The van der Waals surface area contributed by atoms with Crippen molar-refractivity contribution in [2.24, 2.45) is 0 Å². The maximum Gasteiger partial charge on any atom is 0.255 e. The molecule has 1 rings (SSSR count). The number of rotatable bonds is 4. The van der Waals surface area contributed by atoms with Crippen LogP contribution in [0.2, 0.25) is 0 Å². The zero-order valence-corrected chi connectivity index (χ0v) is 9.87. The molecule has 4 nitrogen and oxygen atoms in total. The van der Waals surface area contributed by atoms with E-state index in [1.54, 1.807) is 18.2 Å². The number of nitrogens with one attached hydrogen (secondary N) is 2. The highest BCUT2D eigenvalue weighted by atomic mass is 16.3. The van der Waals surface area contributed by atoms with Crippen LogP contribution in [0.5, 0.6) is 5.75 Å². The van der Waals surface area contributed by atoms with Gasteiger partial charge >= 0.3 is 0 Å². The monoisotopic (exact) mass is 222 g/mol. The molecular formula is C12H18N2O2. The number of phenolic OH excluding ortho intramolecular Hbond substituents is 1. The second kappa shape index (κ2) is 5.51. The van der Waals surface area contributed by atoms with Gasteiger partial charge in [0, 0.05) is 12.6 Å². The summed E-state index contributed by atoms with van der Waals surface area (Å²) in [5.74, 6) is -0.228. The Bertz CT molecular complexity index is 377. The Morgan fingerprint density at radius 2 is 2.19 bits per heavy atom. The molecule has 0 bridgehead atoms. The Labute approximate surface area is 95.7 Å². The van der Waals surface area contributed by atoms with Gasteiger partial charge in [-0.15, -0.1) is 0 Å². The smallest absolute Gasteiger partial charge is 0.255 e. The molecule has 3 N–H and O–H groups in total. The van der Waals surface area contributed by atoms with Crippen molar-refractivity contribution in [2.75, 3.05) is 13.6 Å². The first kappa shape index (κ1) is 12.5. The summed E-state index contributed by atoms with van der Waals surface area (Å²) in [5, 5.41) is 15.4. The first-order valence-corrected chi connectivity index (χ1v) is 5.29. The molecule has 4 heteroatoms. The maximum absolute atomic E-state index is 11.7. The zero-order valence-electron chi connectivity index (χ0n) is 9.87. The molecule has 0 spiro atoms. The Hall–Kier alpha value is -1.55. The minimum absolute atomic E-state index is 0.0228. The summed E-state index contributed by atoms with van der Waals surface area (Å²) in [6.07, 6.45) is 0. The highest BCUT2D eigenvalue weighted by Crippen LogP contribution is 2.17. The molecule has 0 aliphatic carbocycles. The minimum Gasteiger partial charge on any atom is -0.507 e. The molecule has 0 saturated carbocycles. The molecule has 1 aromatic carbocycles. The van der Waals surface area contributed by atoms with Gasteiger partial charge in [-0.2, -0.15) is 0 Å². The number of hydrogen-bond donors (Lipinski definition) is 3. The average Bonchev–Trinajstić information content (AvgIpc) is 2.25. The molecule has 0 fully saturated rings. The second-order valence-corrected chi connectivity index (χ2v) is 3.92. The van der Waals surface area contributed by atoms with E-state index in [1.165, 1.54) is 0 Å². The van der Waals surface area contributed by atoms with Gasteiger partial charge in [0.15, 0.2) is 0 Å². The van der Waals surface area contributed by atoms with Crippen molar-refractivity contribution in [3.8, 4) is 5.75 Å². The molecule has 1 atom stereocenters. The maximum atomic E-state index is 11.7. The first-order chi connectivity index (χ1) is 7.54. The van der Waals surface area contributed by atoms with Gasteiger partial charge in [-0.05, 0) is 38.6 Å². The SMILES string of the molecule is CNC(C)CNC(=O)c1ccc(C)cc1O. The van der Waals surface area contributed by atoms with Crippen LogP contribution in [0.1, 0.15) is 22.8 Å². The Morgan fingerprint density at radius 3 is 2.75 bits per heavy atom. The van der Waals surface area contributed by atoms with Gasteiger partial charge in [-0.25, -0.2) is 0 Å². The molecule has 1 amide bonds. The van der Waals surface area contributed by atoms with Gasteiger partial charge in [0.05, 0.1) is 5.56 Å². The molecule has 0 aliphatic rings. The van der Waals surface area contributed by atoms with E-state index in [2.05, 4.69) is 10.6 Å². The molecule has 1 aromatic rings. The molecule has 1 unspecified atom stereocenters. The summed E-state index contributed by atoms with van der Waals surface area (Å²) in [7, 11) is 1.83. The molecule has 88 valence electrons. The zero-order chi connectivity index (χ0) is 12.1. The number of phenols is 1. The van der Waals surface area contributed by atoms with Crippen LogP contribution in [0, 0.1) is 6.92 Å². The number of carbonyl (C=O) groups excluding carboxylic acids is 1. The fourth-order valence-electron chi connectivity index (χ4n) is 1.28. The molecule has 0 aliphatic heterocycles. The number of likely N-dealkylation sites (N-methyl/N-ethyl adjacent to an activating group) is 1. The lowest BCUT2D eigenvalue weighted by molar-refractivity contribution is 0.0948. The van der Waals surface area contributed by atoms with E-state index in [9.17, 15) is 9.90 Å². The normalized spacial score (nSPS) is 12.2. The predicted molar refractivity (Wildman–Crippen MR) is 63.7 cm³/mol. The standard InChI is InChI=1S/C12H18N2O2/c1-8-4-5-10(11(15)6-8)12(16)14-7-9(2)13-3/h4-6,9,13,15H,7H2,1-3H3,(H,14,16). The predicted octanol–water partition coefficient (Wildman–Crippen LogP) is 1.04. The summed E-state index contributed by atoms with van der Waals surface area (Å²) in [5.41, 5.74) is 1.24. The summed E-state index contributed by atoms with van der Waals surface area (Å²) >= 11 is 0. The first-order valence-electron chi connectivity index (χ1n) is 5.29. The van der Waals surface area contributed by atoms with Crippen LogP contribution in [0.15, 0.2) is 18.2 Å². The number of carbonyl (C=O) groups is 1. The Morgan fingerprint density at radius 1 is 1.50 bits per heavy atom. The number of benzene rings is 1. The summed E-state index contributed by atoms with van der Waals surface area (Å²) in [4.78, 5) is 11.7. The van der Waals surface area contributed by atoms with Crippen molar-refractivity contribution >= 4 is 5.91 Å². The van der Waals surface area contributed by atoms with E-state index in [1.807, 2.05) is 20.9 Å². The third kappa shape index (κ3) is 3.24. The number of hydrogen-bond acceptors (Lipinski definition) is 3. The lowest BCUT2D eigenvalue weighted by Crippen LogP contribution is -2.37. The van der Waals surface area contributed by atoms with E-state index in [0.29, 0.717) is 12.1 Å². The van der Waals surface area contributed by atoms with Crippen LogP contribution in [0.3, 0.4) is 0 Å². The molecule has 0 saturated heterocycles. The Kier molecular flexibility index (Phi) is 4.31. The molecule has 0 radical (unpaired) electrons. The average molecular weight is 222 g/mol. The van der Waals surface area contributed by atoms with Crippen molar-refractivity contribution in [3.05, 3.63) is 29.3 Å². The fourth-order valence-corrected chi connectivity index (χ4v) is 1.28. The third-order valence-corrected chi connectivity index (χ3v) is 2.46. The van der Waals surface area contributed by atoms with E-state index in [-0.39, 0.29) is 17.7 Å². The quantitative estimate of drug-likeness (QED) is 0.713. The van der Waals surface area contributed by atoms with E-state index >= 15 is 0 Å². The molecule has 0 aromatic heterocycles. The summed E-state index contributed by atoms with van der Waals surface area (Å²) in [6.45, 7) is 4.36. The van der Waals surface area contributed by atoms with Crippen LogP contribution in [0.25, 0.3) is 0 Å².